The van der Waals surface area contributed by atoms with Gasteiger partial charge >= 0.3 is 0 Å². The third-order valence-electron chi connectivity index (χ3n) is 4.37. The summed E-state index contributed by atoms with van der Waals surface area (Å²) in [4.78, 5) is 8.18. The van der Waals surface area contributed by atoms with Gasteiger partial charge in [0.1, 0.15) is 0 Å². The summed E-state index contributed by atoms with van der Waals surface area (Å²) in [6, 6.07) is 0.729. The molecule has 18 heavy (non-hydrogen) atoms. The average Bonchev–Trinajstić information content (AvgIpc) is 2.93. The van der Waals surface area contributed by atoms with E-state index in [-0.39, 0.29) is 0 Å². The predicted molar refractivity (Wildman–Crippen MR) is 75.8 cm³/mol. The summed E-state index contributed by atoms with van der Waals surface area (Å²) in [5.41, 5.74) is 1.94. The summed E-state index contributed by atoms with van der Waals surface area (Å²) >= 11 is 1.78. The van der Waals surface area contributed by atoms with Crippen LogP contribution in [0.4, 0.5) is 0 Å². The summed E-state index contributed by atoms with van der Waals surface area (Å²) in [5, 5.41) is 3.74. The first kappa shape index (κ1) is 12.6. The van der Waals surface area contributed by atoms with Crippen molar-refractivity contribution in [1.82, 2.24) is 15.2 Å². The zero-order valence-electron chi connectivity index (χ0n) is 11.0. The molecule has 1 atom stereocenters. The van der Waals surface area contributed by atoms with Crippen LogP contribution in [0.3, 0.4) is 0 Å². The number of aromatic nitrogens is 1. The van der Waals surface area contributed by atoms with E-state index in [1.54, 1.807) is 11.3 Å². The van der Waals surface area contributed by atoms with Gasteiger partial charge in [0.25, 0.3) is 0 Å². The zero-order chi connectivity index (χ0) is 12.2. The molecule has 1 N–H and O–H groups in total. The minimum absolute atomic E-state index is 0.729. The van der Waals surface area contributed by atoms with Crippen LogP contribution in [0.2, 0.25) is 0 Å². The molecule has 0 spiro atoms. The Bertz CT molecular complexity index is 346. The second-order valence-electron chi connectivity index (χ2n) is 5.66. The van der Waals surface area contributed by atoms with E-state index in [2.05, 4.69) is 15.2 Å². The molecule has 1 saturated heterocycles. The number of hydrogen-bond acceptors (Lipinski definition) is 4. The van der Waals surface area contributed by atoms with Gasteiger partial charge in [-0.25, -0.2) is 0 Å². The van der Waals surface area contributed by atoms with Crippen molar-refractivity contribution in [2.45, 2.75) is 44.7 Å². The first-order valence-corrected chi connectivity index (χ1v) is 8.13. The van der Waals surface area contributed by atoms with Gasteiger partial charge < -0.3 is 5.32 Å². The van der Waals surface area contributed by atoms with Gasteiger partial charge in [0.15, 0.2) is 0 Å². The lowest BCUT2D eigenvalue weighted by atomic mass is 9.83. The highest BCUT2D eigenvalue weighted by Gasteiger charge is 2.27. The van der Waals surface area contributed by atoms with E-state index in [9.17, 15) is 0 Å². The van der Waals surface area contributed by atoms with Crippen LogP contribution >= 0.6 is 11.3 Å². The molecule has 1 unspecified atom stereocenters. The van der Waals surface area contributed by atoms with E-state index in [0.717, 1.165) is 25.0 Å². The Morgan fingerprint density at radius 2 is 2.22 bits per heavy atom. The molecule has 1 aliphatic heterocycles. The van der Waals surface area contributed by atoms with Gasteiger partial charge in [-0.05, 0) is 18.8 Å². The fourth-order valence-corrected chi connectivity index (χ4v) is 4.01. The van der Waals surface area contributed by atoms with Crippen molar-refractivity contribution in [3.8, 4) is 0 Å². The van der Waals surface area contributed by atoms with E-state index in [1.165, 1.54) is 50.1 Å². The zero-order valence-corrected chi connectivity index (χ0v) is 11.8. The third kappa shape index (κ3) is 3.11. The Balaban J connectivity index is 1.54. The first-order chi connectivity index (χ1) is 8.92. The highest BCUT2D eigenvalue weighted by Crippen LogP contribution is 2.28. The molecule has 100 valence electrons. The maximum absolute atomic E-state index is 4.17. The fourth-order valence-electron chi connectivity index (χ4n) is 3.38. The second kappa shape index (κ2) is 6.13. The molecule has 1 aromatic heterocycles. The lowest BCUT2D eigenvalue weighted by Gasteiger charge is -2.39. The van der Waals surface area contributed by atoms with Crippen molar-refractivity contribution in [3.63, 3.8) is 0 Å². The Morgan fingerprint density at radius 3 is 3.00 bits per heavy atom. The summed E-state index contributed by atoms with van der Waals surface area (Å²) in [5.74, 6) is 0.919. The van der Waals surface area contributed by atoms with Crippen LogP contribution in [-0.2, 0) is 6.54 Å². The first-order valence-electron chi connectivity index (χ1n) is 7.25. The molecule has 0 amide bonds. The molecule has 3 rings (SSSR count). The van der Waals surface area contributed by atoms with E-state index in [0.29, 0.717) is 0 Å². The number of rotatable bonds is 3. The third-order valence-corrected chi connectivity index (χ3v) is 5.14. The lowest BCUT2D eigenvalue weighted by molar-refractivity contribution is 0.142. The van der Waals surface area contributed by atoms with Crippen LogP contribution in [0.15, 0.2) is 11.7 Å². The predicted octanol–water partition coefficient (Wildman–Crippen LogP) is 2.50. The van der Waals surface area contributed by atoms with Crippen molar-refractivity contribution in [3.05, 3.63) is 16.6 Å². The molecule has 1 aromatic rings. The molecule has 3 nitrogen and oxygen atoms in total. The number of thiazole rings is 1. The minimum Gasteiger partial charge on any atom is -0.311 e. The number of nitrogens with zero attached hydrogens (tertiary/aromatic N) is 2. The van der Waals surface area contributed by atoms with Crippen LogP contribution < -0.4 is 5.32 Å². The standard InChI is InChI=1S/C14H23N3S/c1-2-4-12(5-3-1)14-10-17(7-6-16-14)9-13-8-15-11-18-13/h8,11-12,14,16H,1-7,9-10H2. The minimum atomic E-state index is 0.729. The van der Waals surface area contributed by atoms with E-state index >= 15 is 0 Å². The summed E-state index contributed by atoms with van der Waals surface area (Å²) in [6.07, 6.45) is 9.23. The largest absolute Gasteiger partial charge is 0.311 e. The molecular weight excluding hydrogens is 242 g/mol. The average molecular weight is 265 g/mol. The molecule has 1 aliphatic carbocycles. The quantitative estimate of drug-likeness (QED) is 0.910. The smallest absolute Gasteiger partial charge is 0.0794 e. The van der Waals surface area contributed by atoms with Gasteiger partial charge in [-0.1, -0.05) is 19.3 Å². The normalized spacial score (nSPS) is 27.4. The molecular formula is C14H23N3S. The van der Waals surface area contributed by atoms with E-state index in [4.69, 9.17) is 0 Å². The van der Waals surface area contributed by atoms with Crippen molar-refractivity contribution in [2.24, 2.45) is 5.92 Å². The van der Waals surface area contributed by atoms with Crippen molar-refractivity contribution in [1.29, 1.82) is 0 Å². The van der Waals surface area contributed by atoms with Crippen LogP contribution in [0.1, 0.15) is 37.0 Å². The Kier molecular flexibility index (Phi) is 4.28. The Morgan fingerprint density at radius 1 is 1.33 bits per heavy atom. The van der Waals surface area contributed by atoms with Crippen molar-refractivity contribution < 1.29 is 0 Å². The second-order valence-corrected chi connectivity index (χ2v) is 6.63. The van der Waals surface area contributed by atoms with Gasteiger partial charge in [-0.2, -0.15) is 0 Å². The topological polar surface area (TPSA) is 28.2 Å². The molecule has 2 aliphatic rings. The van der Waals surface area contributed by atoms with Crippen LogP contribution in [0.5, 0.6) is 0 Å². The highest BCUT2D eigenvalue weighted by atomic mass is 32.1. The molecule has 0 aromatic carbocycles. The molecule has 1 saturated carbocycles. The van der Waals surface area contributed by atoms with Crippen molar-refractivity contribution >= 4 is 11.3 Å². The van der Waals surface area contributed by atoms with Gasteiger partial charge in [-0.15, -0.1) is 11.3 Å². The lowest BCUT2D eigenvalue weighted by Crippen LogP contribution is -2.53. The summed E-state index contributed by atoms with van der Waals surface area (Å²) in [6.45, 7) is 4.65. The molecule has 0 radical (unpaired) electrons. The van der Waals surface area contributed by atoms with E-state index in [1.807, 2.05) is 11.7 Å². The molecule has 4 heteroatoms. The number of nitrogens with one attached hydrogen (secondary N) is 1. The Hall–Kier alpha value is -0.450. The monoisotopic (exact) mass is 265 g/mol. The van der Waals surface area contributed by atoms with E-state index < -0.39 is 0 Å². The van der Waals surface area contributed by atoms with Crippen LogP contribution in [-0.4, -0.2) is 35.6 Å². The van der Waals surface area contributed by atoms with Gasteiger partial charge in [0, 0.05) is 43.3 Å². The summed E-state index contributed by atoms with van der Waals surface area (Å²) in [7, 11) is 0. The van der Waals surface area contributed by atoms with Gasteiger partial charge in [0.2, 0.25) is 0 Å². The van der Waals surface area contributed by atoms with Crippen molar-refractivity contribution in [2.75, 3.05) is 19.6 Å². The maximum Gasteiger partial charge on any atom is 0.0794 e. The SMILES string of the molecule is c1ncc(CN2CCNC(C3CCCCC3)C2)s1. The fraction of sp³-hybridized carbons (Fsp3) is 0.786. The highest BCUT2D eigenvalue weighted by molar-refractivity contribution is 7.09. The van der Waals surface area contributed by atoms with Crippen LogP contribution in [0, 0.1) is 5.92 Å². The maximum atomic E-state index is 4.17. The Labute approximate surface area is 114 Å². The van der Waals surface area contributed by atoms with Gasteiger partial charge in [-0.3, -0.25) is 9.88 Å². The number of hydrogen-bond donors (Lipinski definition) is 1. The number of piperazine rings is 1. The van der Waals surface area contributed by atoms with Crippen LogP contribution in [0.25, 0.3) is 0 Å². The van der Waals surface area contributed by atoms with Gasteiger partial charge in [0.05, 0.1) is 5.51 Å². The summed E-state index contributed by atoms with van der Waals surface area (Å²) < 4.78 is 0. The molecule has 0 bridgehead atoms. The molecule has 2 fully saturated rings. The molecule has 2 heterocycles.